The molecular weight excluding hydrogens is 244 g/mol. The topological polar surface area (TPSA) is 49.5 Å². The smallest absolute Gasteiger partial charge is 0.0916 e. The molecular formula is C14H24N2OS. The Morgan fingerprint density at radius 2 is 1.94 bits per heavy atom. The van der Waals surface area contributed by atoms with Crippen molar-refractivity contribution >= 4 is 17.4 Å². The average Bonchev–Trinajstić information content (AvgIpc) is 2.36. The van der Waals surface area contributed by atoms with E-state index >= 15 is 0 Å². The number of anilines is 1. The zero-order valence-electron chi connectivity index (χ0n) is 11.5. The fourth-order valence-corrected chi connectivity index (χ4v) is 2.36. The van der Waals surface area contributed by atoms with Gasteiger partial charge in [-0.05, 0) is 50.1 Å². The van der Waals surface area contributed by atoms with E-state index in [1.165, 1.54) is 0 Å². The predicted molar refractivity (Wildman–Crippen MR) is 80.9 cm³/mol. The second-order valence-corrected chi connectivity index (χ2v) is 5.74. The molecule has 102 valence electrons. The van der Waals surface area contributed by atoms with E-state index in [-0.39, 0.29) is 0 Å². The summed E-state index contributed by atoms with van der Waals surface area (Å²) in [5, 5.41) is 10.2. The zero-order valence-corrected chi connectivity index (χ0v) is 12.3. The average molecular weight is 268 g/mol. The lowest BCUT2D eigenvalue weighted by Gasteiger charge is -2.27. The van der Waals surface area contributed by atoms with Crippen molar-refractivity contribution in [2.45, 2.75) is 25.5 Å². The maximum Gasteiger partial charge on any atom is 0.0916 e. The normalized spacial score (nSPS) is 14.7. The molecule has 3 N–H and O–H groups in total. The molecule has 1 aromatic carbocycles. The molecule has 0 aliphatic carbocycles. The van der Waals surface area contributed by atoms with E-state index in [9.17, 15) is 5.11 Å². The van der Waals surface area contributed by atoms with Crippen LogP contribution in [0, 0.1) is 0 Å². The van der Waals surface area contributed by atoms with Crippen LogP contribution in [0.3, 0.4) is 0 Å². The first-order valence-electron chi connectivity index (χ1n) is 6.27. The molecule has 18 heavy (non-hydrogen) atoms. The number of nitrogens with zero attached hydrogens (tertiary/aromatic N) is 1. The third-order valence-corrected chi connectivity index (χ3v) is 3.92. The zero-order chi connectivity index (χ0) is 13.5. The number of hydrogen-bond acceptors (Lipinski definition) is 4. The summed E-state index contributed by atoms with van der Waals surface area (Å²) in [6.45, 7) is 2.85. The minimum Gasteiger partial charge on any atom is -0.399 e. The first-order valence-corrected chi connectivity index (χ1v) is 7.66. The molecule has 1 rings (SSSR count). The first-order chi connectivity index (χ1) is 8.54. The van der Waals surface area contributed by atoms with Crippen LogP contribution in [-0.4, -0.2) is 41.6 Å². The number of aliphatic hydroxyl groups is 1. The van der Waals surface area contributed by atoms with Gasteiger partial charge >= 0.3 is 0 Å². The number of aliphatic hydroxyl groups excluding tert-OH is 1. The number of likely N-dealkylation sites (N-methyl/N-ethyl adjacent to an activating group) is 1. The summed E-state index contributed by atoms with van der Waals surface area (Å²) >= 11 is 1.86. The Labute approximate surface area is 114 Å². The van der Waals surface area contributed by atoms with Gasteiger partial charge in [0.15, 0.2) is 0 Å². The Morgan fingerprint density at radius 1 is 1.33 bits per heavy atom. The Balaban J connectivity index is 2.48. The summed E-state index contributed by atoms with van der Waals surface area (Å²) in [6.07, 6.45) is 2.81. The molecule has 0 heterocycles. The highest BCUT2D eigenvalue weighted by Crippen LogP contribution is 2.17. The van der Waals surface area contributed by atoms with Crippen LogP contribution in [0.15, 0.2) is 24.3 Å². The van der Waals surface area contributed by atoms with Crippen molar-refractivity contribution < 1.29 is 5.11 Å². The molecule has 0 radical (unpaired) electrons. The molecule has 0 bridgehead atoms. The van der Waals surface area contributed by atoms with E-state index in [1.54, 1.807) is 0 Å². The van der Waals surface area contributed by atoms with Crippen molar-refractivity contribution in [2.24, 2.45) is 0 Å². The number of nitrogens with two attached hydrogens (primary N) is 1. The SMILES string of the molecule is CSCCC(C)N(C)CC(O)c1ccc(N)cc1. The summed E-state index contributed by atoms with van der Waals surface area (Å²) in [5.41, 5.74) is 7.29. The molecule has 2 atom stereocenters. The Kier molecular flexibility index (Phi) is 6.54. The molecule has 0 saturated carbocycles. The summed E-state index contributed by atoms with van der Waals surface area (Å²) in [5.74, 6) is 1.16. The molecule has 0 amide bonds. The van der Waals surface area contributed by atoms with Gasteiger partial charge in [0.2, 0.25) is 0 Å². The number of rotatable bonds is 7. The van der Waals surface area contributed by atoms with Crippen LogP contribution in [0.5, 0.6) is 0 Å². The fraction of sp³-hybridized carbons (Fsp3) is 0.571. The standard InChI is InChI=1S/C14H24N2OS/c1-11(8-9-18-3)16(2)10-14(17)12-4-6-13(15)7-5-12/h4-7,11,14,17H,8-10,15H2,1-3H3. The quantitative estimate of drug-likeness (QED) is 0.746. The molecule has 0 aliphatic rings. The van der Waals surface area contributed by atoms with Crippen LogP contribution < -0.4 is 5.73 Å². The van der Waals surface area contributed by atoms with Crippen LogP contribution in [-0.2, 0) is 0 Å². The van der Waals surface area contributed by atoms with Crippen molar-refractivity contribution in [3.8, 4) is 0 Å². The van der Waals surface area contributed by atoms with Crippen molar-refractivity contribution in [2.75, 3.05) is 31.3 Å². The highest BCUT2D eigenvalue weighted by Gasteiger charge is 2.14. The van der Waals surface area contributed by atoms with Crippen molar-refractivity contribution in [3.05, 3.63) is 29.8 Å². The number of benzene rings is 1. The fourth-order valence-electron chi connectivity index (χ4n) is 1.79. The maximum atomic E-state index is 10.2. The third-order valence-electron chi connectivity index (χ3n) is 3.27. The van der Waals surface area contributed by atoms with Crippen LogP contribution in [0.2, 0.25) is 0 Å². The predicted octanol–water partition coefficient (Wildman–Crippen LogP) is 2.38. The van der Waals surface area contributed by atoms with Gasteiger partial charge < -0.3 is 15.7 Å². The van der Waals surface area contributed by atoms with Gasteiger partial charge in [-0.1, -0.05) is 12.1 Å². The molecule has 0 saturated heterocycles. The summed E-state index contributed by atoms with van der Waals surface area (Å²) < 4.78 is 0. The molecule has 1 aromatic rings. The van der Waals surface area contributed by atoms with E-state index in [0.717, 1.165) is 23.4 Å². The number of thioether (sulfide) groups is 1. The Morgan fingerprint density at radius 3 is 2.50 bits per heavy atom. The van der Waals surface area contributed by atoms with Crippen molar-refractivity contribution in [1.29, 1.82) is 0 Å². The third kappa shape index (κ3) is 4.88. The van der Waals surface area contributed by atoms with Crippen LogP contribution >= 0.6 is 11.8 Å². The number of hydrogen-bond donors (Lipinski definition) is 2. The lowest BCUT2D eigenvalue weighted by molar-refractivity contribution is 0.107. The molecule has 0 aliphatic heterocycles. The van der Waals surface area contributed by atoms with Crippen molar-refractivity contribution in [1.82, 2.24) is 4.90 Å². The lowest BCUT2D eigenvalue weighted by atomic mass is 10.1. The van der Waals surface area contributed by atoms with Crippen LogP contribution in [0.4, 0.5) is 5.69 Å². The molecule has 4 heteroatoms. The number of nitrogen functional groups attached to an aromatic ring is 1. The van der Waals surface area contributed by atoms with E-state index in [2.05, 4.69) is 25.1 Å². The monoisotopic (exact) mass is 268 g/mol. The molecule has 2 unspecified atom stereocenters. The van der Waals surface area contributed by atoms with Gasteiger partial charge in [0.1, 0.15) is 0 Å². The van der Waals surface area contributed by atoms with Gasteiger partial charge in [0.25, 0.3) is 0 Å². The van der Waals surface area contributed by atoms with E-state index in [1.807, 2.05) is 36.0 Å². The van der Waals surface area contributed by atoms with Gasteiger partial charge in [0, 0.05) is 18.3 Å². The maximum absolute atomic E-state index is 10.2. The van der Waals surface area contributed by atoms with E-state index in [0.29, 0.717) is 12.6 Å². The van der Waals surface area contributed by atoms with Crippen LogP contribution in [0.25, 0.3) is 0 Å². The largest absolute Gasteiger partial charge is 0.399 e. The van der Waals surface area contributed by atoms with Gasteiger partial charge in [-0.3, -0.25) is 0 Å². The minimum absolute atomic E-state index is 0.452. The van der Waals surface area contributed by atoms with Gasteiger partial charge in [-0.25, -0.2) is 0 Å². The Hall–Kier alpha value is -0.710. The minimum atomic E-state index is -0.452. The molecule has 0 aromatic heterocycles. The van der Waals surface area contributed by atoms with Gasteiger partial charge in [-0.15, -0.1) is 0 Å². The summed E-state index contributed by atoms with van der Waals surface area (Å²) in [6, 6.07) is 7.92. The first kappa shape index (κ1) is 15.3. The highest BCUT2D eigenvalue weighted by molar-refractivity contribution is 7.98. The highest BCUT2D eigenvalue weighted by atomic mass is 32.2. The molecule has 3 nitrogen and oxygen atoms in total. The van der Waals surface area contributed by atoms with Gasteiger partial charge in [-0.2, -0.15) is 11.8 Å². The van der Waals surface area contributed by atoms with E-state index in [4.69, 9.17) is 5.73 Å². The van der Waals surface area contributed by atoms with E-state index < -0.39 is 6.10 Å². The molecule has 0 fully saturated rings. The summed E-state index contributed by atoms with van der Waals surface area (Å²) in [7, 11) is 2.06. The van der Waals surface area contributed by atoms with Gasteiger partial charge in [0.05, 0.1) is 6.10 Å². The van der Waals surface area contributed by atoms with Crippen LogP contribution in [0.1, 0.15) is 25.0 Å². The Bertz CT molecular complexity index is 342. The molecule has 0 spiro atoms. The van der Waals surface area contributed by atoms with Crippen molar-refractivity contribution in [3.63, 3.8) is 0 Å². The lowest BCUT2D eigenvalue weighted by Crippen LogP contribution is -2.33. The second kappa shape index (κ2) is 7.67. The second-order valence-electron chi connectivity index (χ2n) is 4.75. The summed E-state index contributed by atoms with van der Waals surface area (Å²) in [4.78, 5) is 2.21.